The molecule has 0 heterocycles. The van der Waals surface area contributed by atoms with Gasteiger partial charge < -0.3 is 4.57 Å². The van der Waals surface area contributed by atoms with Crippen molar-refractivity contribution in [1.82, 2.24) is 4.57 Å². The summed E-state index contributed by atoms with van der Waals surface area (Å²) < 4.78 is 2.80. The monoisotopic (exact) mass is 251 g/mol. The van der Waals surface area contributed by atoms with E-state index in [4.69, 9.17) is 0 Å². The molecule has 0 N–H and O–H groups in total. The maximum Gasteiger partial charge on any atom is 0.107 e. The van der Waals surface area contributed by atoms with E-state index in [1.165, 1.54) is 6.42 Å². The summed E-state index contributed by atoms with van der Waals surface area (Å²) in [5, 5.41) is 0. The third kappa shape index (κ3) is 2.74. The van der Waals surface area contributed by atoms with Crippen LogP contribution < -0.4 is 0 Å². The molecule has 0 saturated carbocycles. The molecule has 0 spiro atoms. The Morgan fingerprint density at radius 2 is 1.53 bits per heavy atom. The first kappa shape index (κ1) is 14.7. The van der Waals surface area contributed by atoms with E-state index in [1.807, 2.05) is 0 Å². The molecule has 1 unspecified atom stereocenters. The van der Waals surface area contributed by atoms with Crippen LogP contribution in [0, 0.1) is 5.41 Å². The van der Waals surface area contributed by atoms with Crippen LogP contribution in [-0.2, 0) is 0 Å². The zero-order chi connectivity index (χ0) is 13.3. The summed E-state index contributed by atoms with van der Waals surface area (Å²) in [6, 6.07) is 0.519. The van der Waals surface area contributed by atoms with Crippen LogP contribution in [0.1, 0.15) is 41.0 Å². The summed E-state index contributed by atoms with van der Waals surface area (Å²) in [5.41, 5.74) is 0.584. The molecule has 98 valence electrons. The molecule has 2 heteroatoms. The lowest BCUT2D eigenvalue weighted by atomic mass is 9.72. The molecule has 0 aromatic rings. The second-order valence-electron chi connectivity index (χ2n) is 6.64. The predicted octanol–water partition coefficient (Wildman–Crippen LogP) is 3.98. The Morgan fingerprint density at radius 3 is 1.82 bits per heavy atom. The second kappa shape index (κ2) is 5.11. The quantitative estimate of drug-likeness (QED) is 0.683. The minimum absolute atomic E-state index is 0.275. The maximum absolute atomic E-state index is 2.80. The minimum Gasteiger partial charge on any atom is -0.312 e. The Balaban J connectivity index is 3.12. The summed E-state index contributed by atoms with van der Waals surface area (Å²) in [7, 11) is -0.850. The fraction of sp³-hybridized carbons (Fsp3) is 0.733. The largest absolute Gasteiger partial charge is 0.312 e. The van der Waals surface area contributed by atoms with E-state index in [1.54, 1.807) is 0 Å². The van der Waals surface area contributed by atoms with Gasteiger partial charge in [-0.25, -0.2) is 0 Å². The van der Waals surface area contributed by atoms with Gasteiger partial charge in [-0.1, -0.05) is 65.1 Å². The number of nitrogens with zero attached hydrogens (tertiary/aromatic N) is 1. The molecule has 17 heavy (non-hydrogen) atoms. The van der Waals surface area contributed by atoms with Gasteiger partial charge in [-0.05, 0) is 18.8 Å². The molecule has 1 rings (SSSR count). The molecule has 1 atom stereocenters. The Morgan fingerprint density at radius 1 is 1.06 bits per heavy atom. The van der Waals surface area contributed by atoms with Crippen molar-refractivity contribution in [2.24, 2.45) is 5.41 Å². The van der Waals surface area contributed by atoms with Gasteiger partial charge in [0, 0.05) is 11.6 Å². The zero-order valence-electron chi connectivity index (χ0n) is 12.6. The average molecular weight is 251 g/mol. The van der Waals surface area contributed by atoms with Crippen molar-refractivity contribution in [2.75, 3.05) is 0 Å². The molecule has 0 saturated heterocycles. The highest BCUT2D eigenvalue weighted by Crippen LogP contribution is 2.40. The standard InChI is InChI=1S/C15H29NSi/c1-8-15(5,14(2,3)4)16(17(6)7)13-11-9-10-12-13/h9-13,17H,8H2,1-7H3. The first-order valence-corrected chi connectivity index (χ1v) is 9.70. The average Bonchev–Trinajstić information content (AvgIpc) is 2.68. The molecular formula is C15H29NSi. The molecule has 0 amide bonds. The van der Waals surface area contributed by atoms with Crippen LogP contribution in [0.4, 0.5) is 0 Å². The second-order valence-corrected chi connectivity index (χ2v) is 9.38. The third-order valence-electron chi connectivity index (χ3n) is 4.48. The van der Waals surface area contributed by atoms with Crippen LogP contribution in [0.5, 0.6) is 0 Å². The van der Waals surface area contributed by atoms with E-state index in [9.17, 15) is 0 Å². The molecule has 0 aliphatic heterocycles. The van der Waals surface area contributed by atoms with Crippen LogP contribution in [0.2, 0.25) is 13.1 Å². The van der Waals surface area contributed by atoms with Gasteiger partial charge in [0.05, 0.1) is 0 Å². The Bertz CT molecular complexity index is 299. The van der Waals surface area contributed by atoms with E-state index in [0.717, 1.165) is 0 Å². The minimum atomic E-state index is -0.850. The lowest BCUT2D eigenvalue weighted by molar-refractivity contribution is 0.0566. The van der Waals surface area contributed by atoms with E-state index < -0.39 is 8.96 Å². The van der Waals surface area contributed by atoms with Gasteiger partial charge in [0.25, 0.3) is 0 Å². The molecule has 0 radical (unpaired) electrons. The fourth-order valence-corrected chi connectivity index (χ4v) is 5.55. The Kier molecular flexibility index (Phi) is 4.42. The summed E-state index contributed by atoms with van der Waals surface area (Å²) in [5.74, 6) is 0. The van der Waals surface area contributed by atoms with Gasteiger partial charge in [-0.15, -0.1) is 0 Å². The summed E-state index contributed by atoms with van der Waals surface area (Å²) in [6.45, 7) is 16.8. The van der Waals surface area contributed by atoms with Crippen LogP contribution in [0.15, 0.2) is 24.3 Å². The van der Waals surface area contributed by atoms with E-state index >= 15 is 0 Å². The Labute approximate surface area is 109 Å². The lowest BCUT2D eigenvalue weighted by Gasteiger charge is -2.54. The lowest BCUT2D eigenvalue weighted by Crippen LogP contribution is -2.61. The van der Waals surface area contributed by atoms with Crippen molar-refractivity contribution in [1.29, 1.82) is 0 Å². The van der Waals surface area contributed by atoms with Crippen molar-refractivity contribution in [3.8, 4) is 0 Å². The third-order valence-corrected chi connectivity index (χ3v) is 6.51. The van der Waals surface area contributed by atoms with Crippen molar-refractivity contribution in [2.45, 2.75) is 65.7 Å². The predicted molar refractivity (Wildman–Crippen MR) is 80.9 cm³/mol. The van der Waals surface area contributed by atoms with Gasteiger partial charge in [-0.3, -0.25) is 0 Å². The molecule has 0 aromatic heterocycles. The normalized spacial score (nSPS) is 20.5. The summed E-state index contributed by atoms with van der Waals surface area (Å²) in [6.07, 6.45) is 10.3. The van der Waals surface area contributed by atoms with Crippen molar-refractivity contribution >= 4 is 8.96 Å². The molecule has 1 aliphatic rings. The smallest absolute Gasteiger partial charge is 0.107 e. The van der Waals surface area contributed by atoms with Gasteiger partial charge >= 0.3 is 0 Å². The van der Waals surface area contributed by atoms with Crippen molar-refractivity contribution < 1.29 is 0 Å². The maximum atomic E-state index is 2.80. The van der Waals surface area contributed by atoms with Crippen LogP contribution in [0.25, 0.3) is 0 Å². The van der Waals surface area contributed by atoms with E-state index in [-0.39, 0.29) is 5.54 Å². The van der Waals surface area contributed by atoms with Crippen molar-refractivity contribution in [3.05, 3.63) is 24.3 Å². The van der Waals surface area contributed by atoms with Gasteiger partial charge in [-0.2, -0.15) is 0 Å². The first-order chi connectivity index (χ1) is 7.74. The van der Waals surface area contributed by atoms with Crippen LogP contribution >= 0.6 is 0 Å². The SMILES string of the molecule is CCC(C)(N(C1C=CC=C1)[SiH](C)C)C(C)(C)C. The summed E-state index contributed by atoms with van der Waals surface area (Å²) in [4.78, 5) is 0. The molecule has 1 nitrogen and oxygen atoms in total. The van der Waals surface area contributed by atoms with Gasteiger partial charge in [0.1, 0.15) is 8.96 Å². The van der Waals surface area contributed by atoms with Gasteiger partial charge in [0.15, 0.2) is 0 Å². The Hall–Kier alpha value is -0.343. The molecular weight excluding hydrogens is 222 g/mol. The molecule has 0 fully saturated rings. The van der Waals surface area contributed by atoms with E-state index in [2.05, 4.69) is 76.6 Å². The highest BCUT2D eigenvalue weighted by atomic mass is 28.3. The highest BCUT2D eigenvalue weighted by molar-refractivity contribution is 6.53. The zero-order valence-corrected chi connectivity index (χ0v) is 13.8. The highest BCUT2D eigenvalue weighted by Gasteiger charge is 2.44. The van der Waals surface area contributed by atoms with Gasteiger partial charge in [0.2, 0.25) is 0 Å². The number of hydrogen-bond acceptors (Lipinski definition) is 1. The van der Waals surface area contributed by atoms with Crippen LogP contribution in [0.3, 0.4) is 0 Å². The number of hydrogen-bond donors (Lipinski definition) is 0. The number of rotatable bonds is 4. The molecule has 1 aliphatic carbocycles. The molecule has 0 bridgehead atoms. The summed E-state index contributed by atoms with van der Waals surface area (Å²) >= 11 is 0. The fourth-order valence-electron chi connectivity index (χ4n) is 2.95. The van der Waals surface area contributed by atoms with E-state index in [0.29, 0.717) is 11.5 Å². The topological polar surface area (TPSA) is 3.24 Å². The van der Waals surface area contributed by atoms with Crippen molar-refractivity contribution in [3.63, 3.8) is 0 Å². The van der Waals surface area contributed by atoms with Crippen LogP contribution in [-0.4, -0.2) is 25.1 Å². The number of allylic oxidation sites excluding steroid dienone is 2. The molecule has 0 aromatic carbocycles. The first-order valence-electron chi connectivity index (χ1n) is 6.87.